The molecule has 6 heteroatoms. The van der Waals surface area contributed by atoms with Gasteiger partial charge in [-0.1, -0.05) is 69.3 Å². The number of hydroxylamine groups is 1. The van der Waals surface area contributed by atoms with Crippen LogP contribution in [-0.4, -0.2) is 29.9 Å². The van der Waals surface area contributed by atoms with Gasteiger partial charge in [0.05, 0.1) is 0 Å². The van der Waals surface area contributed by atoms with Crippen molar-refractivity contribution < 1.29 is 24.3 Å². The van der Waals surface area contributed by atoms with Gasteiger partial charge in [0, 0.05) is 5.92 Å². The van der Waals surface area contributed by atoms with E-state index in [4.69, 9.17) is 9.57 Å². The molecule has 0 bridgehead atoms. The van der Waals surface area contributed by atoms with Crippen molar-refractivity contribution >= 4 is 12.1 Å². The van der Waals surface area contributed by atoms with Gasteiger partial charge in [0.25, 0.3) is 0 Å². The van der Waals surface area contributed by atoms with Crippen LogP contribution in [0.15, 0.2) is 48.5 Å². The van der Waals surface area contributed by atoms with Crippen LogP contribution in [-0.2, 0) is 14.4 Å². The van der Waals surface area contributed by atoms with Crippen LogP contribution in [0.1, 0.15) is 44.2 Å². The lowest BCUT2D eigenvalue weighted by Gasteiger charge is -2.23. The van der Waals surface area contributed by atoms with Crippen LogP contribution in [0.4, 0.5) is 4.79 Å². The molecule has 0 aromatic heterocycles. The van der Waals surface area contributed by atoms with Crippen LogP contribution in [0.5, 0.6) is 0 Å². The quantitative estimate of drug-likeness (QED) is 0.570. The Kier molecular flexibility index (Phi) is 5.70. The zero-order valence-corrected chi connectivity index (χ0v) is 16.3. The van der Waals surface area contributed by atoms with E-state index in [1.165, 1.54) is 0 Å². The topological polar surface area (TPSA) is 84.9 Å². The van der Waals surface area contributed by atoms with Crippen LogP contribution in [0.25, 0.3) is 11.1 Å². The second-order valence-corrected chi connectivity index (χ2v) is 8.16. The molecule has 0 fully saturated rings. The van der Waals surface area contributed by atoms with Gasteiger partial charge in [0.2, 0.25) is 0 Å². The molecule has 2 N–H and O–H groups in total. The van der Waals surface area contributed by atoms with Gasteiger partial charge >= 0.3 is 12.1 Å². The summed E-state index contributed by atoms with van der Waals surface area (Å²) in [5.74, 6) is -1.16. The van der Waals surface area contributed by atoms with Crippen molar-refractivity contribution in [1.29, 1.82) is 0 Å². The Morgan fingerprint density at radius 1 is 1.04 bits per heavy atom. The van der Waals surface area contributed by atoms with Gasteiger partial charge in [-0.3, -0.25) is 4.79 Å². The van der Waals surface area contributed by atoms with Gasteiger partial charge in [-0.2, -0.15) is 0 Å². The summed E-state index contributed by atoms with van der Waals surface area (Å²) in [6.45, 7) is 5.86. The molecule has 1 aliphatic carbocycles. The highest BCUT2D eigenvalue weighted by molar-refractivity contribution is 5.79. The molecule has 0 saturated carbocycles. The summed E-state index contributed by atoms with van der Waals surface area (Å²) in [7, 11) is 0. The lowest BCUT2D eigenvalue weighted by molar-refractivity contribution is -0.144. The van der Waals surface area contributed by atoms with Crippen LogP contribution in [0.3, 0.4) is 0 Å². The first-order valence-electron chi connectivity index (χ1n) is 9.26. The Labute approximate surface area is 164 Å². The lowest BCUT2D eigenvalue weighted by Crippen LogP contribution is -2.41. The molecule has 0 aliphatic heterocycles. The van der Waals surface area contributed by atoms with Crippen molar-refractivity contribution in [3.05, 3.63) is 59.7 Å². The predicted octanol–water partition coefficient (Wildman–Crippen LogP) is 4.35. The van der Waals surface area contributed by atoms with E-state index in [2.05, 4.69) is 17.6 Å². The molecule has 2 aromatic rings. The lowest BCUT2D eigenvalue weighted by atomic mass is 9.88. The third-order valence-corrected chi connectivity index (χ3v) is 4.73. The van der Waals surface area contributed by atoms with Gasteiger partial charge in [0.1, 0.15) is 12.6 Å². The van der Waals surface area contributed by atoms with E-state index in [1.807, 2.05) is 57.2 Å². The Hall–Kier alpha value is -2.86. The van der Waals surface area contributed by atoms with Crippen molar-refractivity contribution in [2.45, 2.75) is 39.2 Å². The largest absolute Gasteiger partial charge is 0.527 e. The number of carboxylic acids is 1. The minimum absolute atomic E-state index is 0.0789. The SMILES string of the molecule is CC(C)(C)C[C@@H](NOC(=O)OCC1c2ccccc2-c2ccccc21)C(=O)O. The summed E-state index contributed by atoms with van der Waals surface area (Å²) in [6.07, 6.45) is -0.638. The normalized spacial score (nSPS) is 14.1. The van der Waals surface area contributed by atoms with Gasteiger partial charge in [-0.25, -0.2) is 4.79 Å². The fourth-order valence-electron chi connectivity index (χ4n) is 3.53. The molecular formula is C22H25NO5. The Bertz CT molecular complexity index is 826. The number of aliphatic carboxylic acids is 1. The molecule has 148 valence electrons. The van der Waals surface area contributed by atoms with E-state index >= 15 is 0 Å². The maximum Gasteiger partial charge on any atom is 0.527 e. The molecule has 1 atom stereocenters. The molecule has 2 aromatic carbocycles. The standard InChI is InChI=1S/C22H25NO5/c1-22(2,3)12-19(20(24)25)23-28-21(26)27-13-18-16-10-6-4-8-14(16)15-9-5-7-11-17(15)18/h4-11,18-19,23H,12-13H2,1-3H3,(H,24,25)/t19-/m1/s1. The summed E-state index contributed by atoms with van der Waals surface area (Å²) in [4.78, 5) is 28.2. The molecule has 1 aliphatic rings. The highest BCUT2D eigenvalue weighted by atomic mass is 16.8. The van der Waals surface area contributed by atoms with E-state index in [0.717, 1.165) is 22.3 Å². The fourth-order valence-corrected chi connectivity index (χ4v) is 3.53. The third-order valence-electron chi connectivity index (χ3n) is 4.73. The van der Waals surface area contributed by atoms with Crippen molar-refractivity contribution in [3.63, 3.8) is 0 Å². The monoisotopic (exact) mass is 383 g/mol. The molecule has 28 heavy (non-hydrogen) atoms. The first-order chi connectivity index (χ1) is 13.3. The Morgan fingerprint density at radius 3 is 2.07 bits per heavy atom. The number of hydrogen-bond acceptors (Lipinski definition) is 5. The number of benzene rings is 2. The van der Waals surface area contributed by atoms with Crippen LogP contribution >= 0.6 is 0 Å². The van der Waals surface area contributed by atoms with E-state index in [0.29, 0.717) is 6.42 Å². The summed E-state index contributed by atoms with van der Waals surface area (Å²) in [5, 5.41) is 9.28. The molecular weight excluding hydrogens is 358 g/mol. The first-order valence-corrected chi connectivity index (χ1v) is 9.26. The molecule has 0 heterocycles. The molecule has 3 rings (SSSR count). The van der Waals surface area contributed by atoms with Gasteiger partial charge in [-0.05, 0) is 34.1 Å². The van der Waals surface area contributed by atoms with Crippen LogP contribution < -0.4 is 5.48 Å². The fraction of sp³-hybridized carbons (Fsp3) is 0.364. The van der Waals surface area contributed by atoms with E-state index in [-0.39, 0.29) is 17.9 Å². The number of carbonyl (C=O) groups is 2. The number of rotatable bonds is 6. The number of hydrogen-bond donors (Lipinski definition) is 2. The van der Waals surface area contributed by atoms with Gasteiger partial charge in [-0.15, -0.1) is 5.48 Å². The second-order valence-electron chi connectivity index (χ2n) is 8.16. The summed E-state index contributed by atoms with van der Waals surface area (Å²) in [6, 6.07) is 15.0. The summed E-state index contributed by atoms with van der Waals surface area (Å²) >= 11 is 0. The van der Waals surface area contributed by atoms with Crippen LogP contribution in [0.2, 0.25) is 0 Å². The number of fused-ring (bicyclic) bond motifs is 3. The first kappa shape index (κ1) is 19.9. The average Bonchev–Trinajstić information content (AvgIpc) is 2.96. The number of ether oxygens (including phenoxy) is 1. The number of nitrogens with one attached hydrogen (secondary N) is 1. The van der Waals surface area contributed by atoms with E-state index in [1.54, 1.807) is 0 Å². The molecule has 6 nitrogen and oxygen atoms in total. The zero-order chi connectivity index (χ0) is 20.3. The van der Waals surface area contributed by atoms with Crippen molar-refractivity contribution in [3.8, 4) is 11.1 Å². The molecule has 0 spiro atoms. The maximum absolute atomic E-state index is 12.0. The zero-order valence-electron chi connectivity index (χ0n) is 16.3. The smallest absolute Gasteiger partial charge is 0.480 e. The van der Waals surface area contributed by atoms with Crippen molar-refractivity contribution in [2.24, 2.45) is 5.41 Å². The summed E-state index contributed by atoms with van der Waals surface area (Å²) in [5.41, 5.74) is 6.54. The summed E-state index contributed by atoms with van der Waals surface area (Å²) < 4.78 is 5.28. The molecule has 0 radical (unpaired) electrons. The van der Waals surface area contributed by atoms with Crippen molar-refractivity contribution in [1.82, 2.24) is 5.48 Å². The minimum Gasteiger partial charge on any atom is -0.480 e. The number of carbonyl (C=O) groups excluding carboxylic acids is 1. The average molecular weight is 383 g/mol. The molecule has 0 unspecified atom stereocenters. The highest BCUT2D eigenvalue weighted by Gasteiger charge is 2.30. The highest BCUT2D eigenvalue weighted by Crippen LogP contribution is 2.44. The van der Waals surface area contributed by atoms with Crippen LogP contribution in [0, 0.1) is 5.41 Å². The maximum atomic E-state index is 12.0. The molecule has 0 saturated heterocycles. The second kappa shape index (κ2) is 8.02. The Balaban J connectivity index is 1.61. The minimum atomic E-state index is -1.08. The molecule has 0 amide bonds. The van der Waals surface area contributed by atoms with Gasteiger partial charge < -0.3 is 14.7 Å². The Morgan fingerprint density at radius 2 is 1.57 bits per heavy atom. The third kappa shape index (κ3) is 4.51. The number of carboxylic acid groups (broad SMARTS) is 1. The predicted molar refractivity (Wildman–Crippen MR) is 105 cm³/mol. The van der Waals surface area contributed by atoms with E-state index in [9.17, 15) is 14.7 Å². The van der Waals surface area contributed by atoms with E-state index < -0.39 is 18.2 Å². The van der Waals surface area contributed by atoms with Crippen molar-refractivity contribution in [2.75, 3.05) is 6.61 Å². The van der Waals surface area contributed by atoms with Gasteiger partial charge in [0.15, 0.2) is 0 Å².